The molecule has 0 atom stereocenters. The molecule has 0 saturated heterocycles. The highest BCUT2D eigenvalue weighted by Crippen LogP contribution is 2.28. The van der Waals surface area contributed by atoms with E-state index >= 15 is 0 Å². The minimum Gasteiger partial charge on any atom is -0.336 e. The smallest absolute Gasteiger partial charge is 0.296 e. The average Bonchev–Trinajstić information content (AvgIpc) is 2.32. The van der Waals surface area contributed by atoms with Gasteiger partial charge in [0.25, 0.3) is 10.1 Å². The zero-order chi connectivity index (χ0) is 16.7. The number of aromatic nitrogens is 2. The molecule has 0 fully saturated rings. The highest BCUT2D eigenvalue weighted by molar-refractivity contribution is 7.86. The van der Waals surface area contributed by atoms with E-state index in [-0.39, 0.29) is 16.2 Å². The molecule has 3 N–H and O–H groups in total. The molecule has 0 aliphatic rings. The van der Waals surface area contributed by atoms with Crippen LogP contribution in [0.5, 0.6) is 0 Å². The van der Waals surface area contributed by atoms with Gasteiger partial charge in [0.15, 0.2) is 0 Å². The maximum atomic E-state index is 11.6. The molecule has 0 amide bonds. The fraction of sp³-hybridized carbons (Fsp3) is 0.286. The van der Waals surface area contributed by atoms with Crippen LogP contribution in [0.1, 0.15) is 22.5 Å². The topological polar surface area (TPSA) is 111 Å². The van der Waals surface area contributed by atoms with Crippen LogP contribution in [0.15, 0.2) is 28.1 Å². The molecule has 118 valence electrons. The summed E-state index contributed by atoms with van der Waals surface area (Å²) < 4.78 is 34.0. The maximum absolute atomic E-state index is 11.6. The Balaban J connectivity index is 2.88. The number of nitrogen functional groups attached to an aromatic ring is 1. The van der Waals surface area contributed by atoms with Gasteiger partial charge >= 0.3 is 0 Å². The molecule has 0 radical (unpaired) electrons. The van der Waals surface area contributed by atoms with Crippen molar-refractivity contribution >= 4 is 15.8 Å². The fourth-order valence-corrected chi connectivity index (χ4v) is 3.15. The molecule has 0 aliphatic heterocycles. The summed E-state index contributed by atoms with van der Waals surface area (Å²) >= 11 is 0. The van der Waals surface area contributed by atoms with Gasteiger partial charge in [-0.2, -0.15) is 8.42 Å². The van der Waals surface area contributed by atoms with E-state index in [0.717, 1.165) is 11.3 Å². The summed E-state index contributed by atoms with van der Waals surface area (Å²) in [6, 6.07) is 5.01. The molecule has 2 rings (SSSR count). The Labute approximate surface area is 128 Å². The van der Waals surface area contributed by atoms with E-state index in [2.05, 4.69) is 9.98 Å². The largest absolute Gasteiger partial charge is 0.336 e. The van der Waals surface area contributed by atoms with E-state index in [1.807, 2.05) is 6.92 Å². The van der Waals surface area contributed by atoms with Crippen molar-refractivity contribution in [1.29, 1.82) is 0 Å². The van der Waals surface area contributed by atoms with Crippen molar-refractivity contribution in [2.24, 2.45) is 4.99 Å². The van der Waals surface area contributed by atoms with Gasteiger partial charge in [-0.15, -0.1) is 0 Å². The van der Waals surface area contributed by atoms with Crippen molar-refractivity contribution in [2.75, 3.05) is 5.84 Å². The minimum absolute atomic E-state index is 0.108. The van der Waals surface area contributed by atoms with Gasteiger partial charge in [0.2, 0.25) is 5.62 Å². The number of benzene rings is 1. The van der Waals surface area contributed by atoms with E-state index in [1.54, 1.807) is 39.0 Å². The van der Waals surface area contributed by atoms with Crippen molar-refractivity contribution in [3.05, 3.63) is 46.3 Å². The molecular weight excluding hydrogens is 304 g/mol. The summed E-state index contributed by atoms with van der Waals surface area (Å²) in [6.45, 7) is 6.99. The first-order chi connectivity index (χ1) is 10.1. The first kappa shape index (κ1) is 16.2. The second kappa shape index (κ2) is 5.54. The molecule has 0 spiro atoms. The SMILES string of the molecule is Cc1cc(C)c(S(=O)(=O)O)c(/N=c2/nc(C)cc(C)n2N)c1. The lowest BCUT2D eigenvalue weighted by Crippen LogP contribution is -2.32. The Bertz CT molecular complexity index is 914. The third-order valence-corrected chi connectivity index (χ3v) is 4.21. The third kappa shape index (κ3) is 3.18. The van der Waals surface area contributed by atoms with E-state index in [4.69, 9.17) is 5.84 Å². The second-order valence-electron chi connectivity index (χ2n) is 5.23. The molecule has 0 unspecified atom stereocenters. The summed E-state index contributed by atoms with van der Waals surface area (Å²) in [4.78, 5) is 8.21. The predicted molar refractivity (Wildman–Crippen MR) is 82.8 cm³/mol. The number of nitrogens with zero attached hydrogens (tertiary/aromatic N) is 3. The summed E-state index contributed by atoms with van der Waals surface area (Å²) in [5.74, 6) is 5.88. The standard InChI is InChI=1S/C14H18N4O3S/c1-8-5-9(2)13(22(19,20)21)12(6-8)17-14-16-10(3)7-11(4)18(14)15/h5-7H,15H2,1-4H3,(H,19,20,21)/b17-14-. The van der Waals surface area contributed by atoms with Crippen LogP contribution >= 0.6 is 0 Å². The lowest BCUT2D eigenvalue weighted by molar-refractivity contribution is 0.483. The first-order valence-corrected chi connectivity index (χ1v) is 7.99. The number of rotatable bonds is 2. The highest BCUT2D eigenvalue weighted by atomic mass is 32.2. The van der Waals surface area contributed by atoms with Gasteiger partial charge < -0.3 is 5.84 Å². The zero-order valence-electron chi connectivity index (χ0n) is 12.8. The minimum atomic E-state index is -4.41. The van der Waals surface area contributed by atoms with Gasteiger partial charge in [-0.25, -0.2) is 14.7 Å². The molecule has 0 bridgehead atoms. The summed E-state index contributed by atoms with van der Waals surface area (Å²) in [5, 5.41) is 0. The lowest BCUT2D eigenvalue weighted by Gasteiger charge is -2.09. The van der Waals surface area contributed by atoms with Crippen molar-refractivity contribution in [3.8, 4) is 0 Å². The van der Waals surface area contributed by atoms with E-state index in [9.17, 15) is 13.0 Å². The molecule has 0 saturated carbocycles. The number of nitrogens with two attached hydrogens (primary N) is 1. The van der Waals surface area contributed by atoms with E-state index < -0.39 is 10.1 Å². The molecule has 1 aromatic carbocycles. The molecule has 22 heavy (non-hydrogen) atoms. The predicted octanol–water partition coefficient (Wildman–Crippen LogP) is 1.31. The second-order valence-corrected chi connectivity index (χ2v) is 6.58. The van der Waals surface area contributed by atoms with Gasteiger partial charge in [0.1, 0.15) is 4.90 Å². The monoisotopic (exact) mass is 322 g/mol. The Morgan fingerprint density at radius 3 is 2.41 bits per heavy atom. The third-order valence-electron chi connectivity index (χ3n) is 3.17. The Kier molecular flexibility index (Phi) is 4.08. The molecule has 1 heterocycles. The molecule has 1 aromatic heterocycles. The van der Waals surface area contributed by atoms with Crippen LogP contribution < -0.4 is 11.5 Å². The zero-order valence-corrected chi connectivity index (χ0v) is 13.6. The first-order valence-electron chi connectivity index (χ1n) is 6.55. The van der Waals surface area contributed by atoms with Crippen LogP contribution in [0.4, 0.5) is 5.69 Å². The van der Waals surface area contributed by atoms with Crippen LogP contribution in [0.2, 0.25) is 0 Å². The normalized spacial score (nSPS) is 12.7. The van der Waals surface area contributed by atoms with E-state index in [1.165, 1.54) is 4.68 Å². The quantitative estimate of drug-likeness (QED) is 0.640. The van der Waals surface area contributed by atoms with Gasteiger partial charge in [0.05, 0.1) is 5.69 Å². The molecule has 8 heteroatoms. The van der Waals surface area contributed by atoms with Crippen LogP contribution in [-0.2, 0) is 10.1 Å². The van der Waals surface area contributed by atoms with Crippen LogP contribution in [0.25, 0.3) is 0 Å². The summed E-state index contributed by atoms with van der Waals surface area (Å²) in [5.41, 5.74) is 2.93. The van der Waals surface area contributed by atoms with Gasteiger partial charge in [-0.3, -0.25) is 4.55 Å². The van der Waals surface area contributed by atoms with Crippen molar-refractivity contribution in [1.82, 2.24) is 9.66 Å². The summed E-state index contributed by atoms with van der Waals surface area (Å²) in [7, 11) is -4.41. The number of hydrogen-bond acceptors (Lipinski definition) is 5. The molecule has 0 aliphatic carbocycles. The van der Waals surface area contributed by atoms with Crippen LogP contribution in [-0.4, -0.2) is 22.6 Å². The molecule has 2 aromatic rings. The van der Waals surface area contributed by atoms with Gasteiger partial charge in [0, 0.05) is 11.4 Å². The highest BCUT2D eigenvalue weighted by Gasteiger charge is 2.19. The molecule has 7 nitrogen and oxygen atoms in total. The fourth-order valence-electron chi connectivity index (χ4n) is 2.31. The van der Waals surface area contributed by atoms with Crippen LogP contribution in [0, 0.1) is 27.7 Å². The Morgan fingerprint density at radius 2 is 1.82 bits per heavy atom. The average molecular weight is 322 g/mol. The van der Waals surface area contributed by atoms with Gasteiger partial charge in [-0.1, -0.05) is 6.07 Å². The maximum Gasteiger partial charge on any atom is 0.296 e. The van der Waals surface area contributed by atoms with Crippen LogP contribution in [0.3, 0.4) is 0 Å². The Morgan fingerprint density at radius 1 is 1.18 bits per heavy atom. The number of aryl methyl sites for hydroxylation is 4. The number of hydrogen-bond donors (Lipinski definition) is 2. The van der Waals surface area contributed by atoms with Crippen molar-refractivity contribution in [3.63, 3.8) is 0 Å². The molecular formula is C14H18N4O3S. The van der Waals surface area contributed by atoms with E-state index in [0.29, 0.717) is 11.3 Å². The van der Waals surface area contributed by atoms with Crippen molar-refractivity contribution < 1.29 is 13.0 Å². The van der Waals surface area contributed by atoms with Crippen molar-refractivity contribution in [2.45, 2.75) is 32.6 Å². The van der Waals surface area contributed by atoms with Gasteiger partial charge in [-0.05, 0) is 51.0 Å². The summed E-state index contributed by atoms with van der Waals surface area (Å²) in [6.07, 6.45) is 0. The lowest BCUT2D eigenvalue weighted by atomic mass is 10.1. The Hall–Kier alpha value is -2.19.